The number of aryl methyl sites for hydroxylation is 1. The third kappa shape index (κ3) is 2.38. The van der Waals surface area contributed by atoms with E-state index in [1.54, 1.807) is 11.6 Å². The number of nitrogens with one attached hydrogen (secondary N) is 1. The summed E-state index contributed by atoms with van der Waals surface area (Å²) >= 11 is 0. The summed E-state index contributed by atoms with van der Waals surface area (Å²) in [5, 5.41) is 9.05. The van der Waals surface area contributed by atoms with Crippen molar-refractivity contribution in [2.45, 2.75) is 43.2 Å². The van der Waals surface area contributed by atoms with E-state index in [1.807, 2.05) is 6.92 Å². The Balaban J connectivity index is 2.25. The highest BCUT2D eigenvalue weighted by Gasteiger charge is 2.36. The molecule has 1 fully saturated rings. The maximum atomic E-state index is 12.1. The summed E-state index contributed by atoms with van der Waals surface area (Å²) in [7, 11) is -1.75. The molecule has 0 amide bonds. The van der Waals surface area contributed by atoms with E-state index < -0.39 is 10.0 Å². The summed E-state index contributed by atoms with van der Waals surface area (Å²) in [6, 6.07) is 1.50. The van der Waals surface area contributed by atoms with Crippen molar-refractivity contribution >= 4 is 10.0 Å². The Bertz CT molecular complexity index is 515. The van der Waals surface area contributed by atoms with Crippen LogP contribution < -0.4 is 4.72 Å². The minimum Gasteiger partial charge on any atom is -0.390 e. The van der Waals surface area contributed by atoms with E-state index >= 15 is 0 Å². The van der Waals surface area contributed by atoms with Crippen LogP contribution in [0, 0.1) is 0 Å². The molecule has 0 atom stereocenters. The van der Waals surface area contributed by atoms with Gasteiger partial charge < -0.3 is 9.67 Å². The summed E-state index contributed by atoms with van der Waals surface area (Å²) < 4.78 is 28.6. The smallest absolute Gasteiger partial charge is 0.242 e. The first-order chi connectivity index (χ1) is 7.86. The molecule has 2 rings (SSSR count). The third-order valence-electron chi connectivity index (χ3n) is 3.39. The van der Waals surface area contributed by atoms with Crippen LogP contribution in [0.15, 0.2) is 17.2 Å². The molecule has 0 aliphatic heterocycles. The molecule has 1 aliphatic rings. The molecule has 0 saturated heterocycles. The van der Waals surface area contributed by atoms with Crippen molar-refractivity contribution in [1.29, 1.82) is 0 Å². The molecule has 1 heterocycles. The van der Waals surface area contributed by atoms with Gasteiger partial charge in [0.25, 0.3) is 0 Å². The van der Waals surface area contributed by atoms with Crippen LogP contribution in [0.5, 0.6) is 0 Å². The number of aliphatic hydroxyl groups excluding tert-OH is 1. The van der Waals surface area contributed by atoms with Gasteiger partial charge in [-0.25, -0.2) is 13.1 Å². The van der Waals surface area contributed by atoms with E-state index in [0.29, 0.717) is 5.69 Å². The highest BCUT2D eigenvalue weighted by Crippen LogP contribution is 2.32. The molecule has 5 nitrogen and oxygen atoms in total. The van der Waals surface area contributed by atoms with Crippen LogP contribution in [0.1, 0.15) is 31.9 Å². The fraction of sp³-hybridized carbons (Fsp3) is 0.636. The average molecular weight is 258 g/mol. The van der Waals surface area contributed by atoms with E-state index in [2.05, 4.69) is 4.72 Å². The standard InChI is InChI=1S/C11H18N2O3S/c1-11(4-3-5-11)12-17(15,16)10-6-9(8-14)13(2)7-10/h6-7,12,14H,3-5,8H2,1-2H3. The molecule has 1 saturated carbocycles. The molecule has 96 valence electrons. The van der Waals surface area contributed by atoms with E-state index in [9.17, 15) is 8.42 Å². The van der Waals surface area contributed by atoms with Gasteiger partial charge in [-0.05, 0) is 32.3 Å². The Hall–Kier alpha value is -0.850. The second-order valence-electron chi connectivity index (χ2n) is 4.96. The van der Waals surface area contributed by atoms with Crippen molar-refractivity contribution < 1.29 is 13.5 Å². The number of nitrogens with zero attached hydrogens (tertiary/aromatic N) is 1. The molecular weight excluding hydrogens is 240 g/mol. The molecular formula is C11H18N2O3S. The van der Waals surface area contributed by atoms with Gasteiger partial charge in [0.2, 0.25) is 10.0 Å². The molecule has 0 bridgehead atoms. The Morgan fingerprint density at radius 3 is 2.59 bits per heavy atom. The van der Waals surface area contributed by atoms with E-state index in [4.69, 9.17) is 5.11 Å². The molecule has 17 heavy (non-hydrogen) atoms. The first kappa shape index (κ1) is 12.6. The minimum atomic E-state index is -3.47. The van der Waals surface area contributed by atoms with Gasteiger partial charge in [0.1, 0.15) is 0 Å². The lowest BCUT2D eigenvalue weighted by Crippen LogP contribution is -2.50. The second kappa shape index (κ2) is 4.12. The molecule has 0 aromatic carbocycles. The fourth-order valence-electron chi connectivity index (χ4n) is 2.07. The first-order valence-corrected chi connectivity index (χ1v) is 7.15. The van der Waals surface area contributed by atoms with Crippen LogP contribution in [0.25, 0.3) is 0 Å². The number of hydrogen-bond acceptors (Lipinski definition) is 3. The average Bonchev–Trinajstić information content (AvgIpc) is 2.57. The van der Waals surface area contributed by atoms with E-state index in [0.717, 1.165) is 19.3 Å². The molecule has 6 heteroatoms. The number of aromatic nitrogens is 1. The zero-order chi connectivity index (χ0) is 12.7. The van der Waals surface area contributed by atoms with Gasteiger partial charge in [0.05, 0.1) is 11.5 Å². The molecule has 1 aromatic heterocycles. The van der Waals surface area contributed by atoms with E-state index in [-0.39, 0.29) is 17.0 Å². The second-order valence-corrected chi connectivity index (χ2v) is 6.64. The highest BCUT2D eigenvalue weighted by atomic mass is 32.2. The maximum absolute atomic E-state index is 12.1. The Labute approximate surface area is 102 Å². The summed E-state index contributed by atoms with van der Waals surface area (Å²) in [4.78, 5) is 0.220. The van der Waals surface area contributed by atoms with Crippen molar-refractivity contribution in [3.8, 4) is 0 Å². The zero-order valence-electron chi connectivity index (χ0n) is 10.1. The topological polar surface area (TPSA) is 71.3 Å². The quantitative estimate of drug-likeness (QED) is 0.836. The highest BCUT2D eigenvalue weighted by molar-refractivity contribution is 7.89. The maximum Gasteiger partial charge on any atom is 0.242 e. The summed E-state index contributed by atoms with van der Waals surface area (Å²) in [5.41, 5.74) is 0.290. The zero-order valence-corrected chi connectivity index (χ0v) is 10.9. The van der Waals surface area contributed by atoms with Gasteiger partial charge in [0.15, 0.2) is 0 Å². The first-order valence-electron chi connectivity index (χ1n) is 5.66. The van der Waals surface area contributed by atoms with E-state index in [1.165, 1.54) is 12.3 Å². The van der Waals surface area contributed by atoms with Crippen LogP contribution >= 0.6 is 0 Å². The summed E-state index contributed by atoms with van der Waals surface area (Å²) in [5.74, 6) is 0. The Morgan fingerprint density at radius 2 is 2.18 bits per heavy atom. The van der Waals surface area contributed by atoms with Crippen molar-refractivity contribution in [1.82, 2.24) is 9.29 Å². The van der Waals surface area contributed by atoms with Crippen molar-refractivity contribution in [2.75, 3.05) is 0 Å². The monoisotopic (exact) mass is 258 g/mol. The molecule has 0 unspecified atom stereocenters. The van der Waals surface area contributed by atoms with Gasteiger partial charge >= 0.3 is 0 Å². The number of hydrogen-bond donors (Lipinski definition) is 2. The predicted molar refractivity (Wildman–Crippen MR) is 63.9 cm³/mol. The van der Waals surface area contributed by atoms with Gasteiger partial charge in [0, 0.05) is 24.5 Å². The molecule has 1 aromatic rings. The lowest BCUT2D eigenvalue weighted by atomic mass is 9.80. The van der Waals surface area contributed by atoms with Crippen molar-refractivity contribution in [3.05, 3.63) is 18.0 Å². The van der Waals surface area contributed by atoms with Gasteiger partial charge in [-0.3, -0.25) is 0 Å². The van der Waals surface area contributed by atoms with Crippen molar-refractivity contribution in [2.24, 2.45) is 7.05 Å². The van der Waals surface area contributed by atoms with Crippen LogP contribution in [0.4, 0.5) is 0 Å². The largest absolute Gasteiger partial charge is 0.390 e. The van der Waals surface area contributed by atoms with Crippen molar-refractivity contribution in [3.63, 3.8) is 0 Å². The third-order valence-corrected chi connectivity index (χ3v) is 5.00. The van der Waals surface area contributed by atoms with Crippen LogP contribution in [0.3, 0.4) is 0 Å². The number of rotatable bonds is 4. The number of aliphatic hydroxyl groups is 1. The van der Waals surface area contributed by atoms with Crippen LogP contribution in [-0.2, 0) is 23.7 Å². The Kier molecular flexibility index (Phi) is 3.05. The van der Waals surface area contributed by atoms with Gasteiger partial charge in [-0.15, -0.1) is 0 Å². The van der Waals surface area contributed by atoms with Crippen LogP contribution in [-0.4, -0.2) is 23.6 Å². The number of sulfonamides is 1. The van der Waals surface area contributed by atoms with Gasteiger partial charge in [-0.1, -0.05) is 0 Å². The van der Waals surface area contributed by atoms with Crippen LogP contribution in [0.2, 0.25) is 0 Å². The molecule has 0 radical (unpaired) electrons. The van der Waals surface area contributed by atoms with Gasteiger partial charge in [-0.2, -0.15) is 0 Å². The predicted octanol–water partition coefficient (Wildman–Crippen LogP) is 0.738. The summed E-state index contributed by atoms with van der Waals surface area (Å²) in [6.07, 6.45) is 4.35. The fourth-order valence-corrected chi connectivity index (χ4v) is 3.63. The normalized spacial score (nSPS) is 19.0. The minimum absolute atomic E-state index is 0.163. The summed E-state index contributed by atoms with van der Waals surface area (Å²) in [6.45, 7) is 1.76. The molecule has 1 aliphatic carbocycles. The molecule has 2 N–H and O–H groups in total. The lowest BCUT2D eigenvalue weighted by molar-refractivity contribution is 0.248. The molecule has 0 spiro atoms. The Morgan fingerprint density at radius 1 is 1.53 bits per heavy atom. The lowest BCUT2D eigenvalue weighted by Gasteiger charge is -2.38. The SMILES string of the molecule is Cn1cc(S(=O)(=O)NC2(C)CCC2)cc1CO.